The predicted octanol–water partition coefficient (Wildman–Crippen LogP) is 6.41. The van der Waals surface area contributed by atoms with Crippen LogP contribution in [0.25, 0.3) is 10.8 Å². The van der Waals surface area contributed by atoms with Crippen molar-refractivity contribution < 1.29 is 32.3 Å². The van der Waals surface area contributed by atoms with Crippen molar-refractivity contribution >= 4 is 26.5 Å². The minimum absolute atomic E-state index is 0.0291. The number of non-ortho nitro benzene ring substituents is 1. The Balaban J connectivity index is 1.27. The van der Waals surface area contributed by atoms with Gasteiger partial charge in [0.05, 0.1) is 35.7 Å². The summed E-state index contributed by atoms with van der Waals surface area (Å²) in [7, 11) is -4.18. The fourth-order valence-corrected chi connectivity index (χ4v) is 8.02. The van der Waals surface area contributed by atoms with Gasteiger partial charge in [0.25, 0.3) is 5.69 Å². The lowest BCUT2D eigenvalue weighted by Gasteiger charge is -2.50. The molecule has 7 rings (SSSR count). The number of nitro benzene ring substituents is 1. The SMILES string of the molecule is O=[N+]([O-])c1ccc(S(=O)(=O)N2C[C@H](OCc3ccccc3)[C@@H](OCc3ccccc3)[C@@H]3OC(c4cccc5ccccc45)OC[C@@H]32)cc1. The Kier molecular flexibility index (Phi) is 9.31. The number of fused-ring (bicyclic) bond motifs is 2. The molecule has 0 bridgehead atoms. The van der Waals surface area contributed by atoms with E-state index in [0.29, 0.717) is 0 Å². The summed E-state index contributed by atoms with van der Waals surface area (Å²) in [5, 5.41) is 13.3. The summed E-state index contributed by atoms with van der Waals surface area (Å²) < 4.78 is 56.1. The van der Waals surface area contributed by atoms with E-state index in [9.17, 15) is 18.5 Å². The van der Waals surface area contributed by atoms with E-state index in [4.69, 9.17) is 18.9 Å². The van der Waals surface area contributed by atoms with Crippen molar-refractivity contribution in [2.24, 2.45) is 0 Å². The molecular weight excluding hydrogens is 632 g/mol. The van der Waals surface area contributed by atoms with Crippen LogP contribution in [0, 0.1) is 10.1 Å². The van der Waals surface area contributed by atoms with Gasteiger partial charge in [-0.15, -0.1) is 0 Å². The molecule has 1 unspecified atom stereocenters. The van der Waals surface area contributed by atoms with E-state index in [1.54, 1.807) is 0 Å². The van der Waals surface area contributed by atoms with Gasteiger partial charge in [0, 0.05) is 24.2 Å². The standard InChI is InChI=1S/C37H34N2O8S/c40-39(41)29-18-20-30(21-19-29)48(42,43)38-22-34(44-23-26-10-3-1-4-11-26)36(45-24-27-12-5-2-6-13-27)35-33(38)25-46-37(47-35)32-17-9-15-28-14-7-8-16-31(28)32/h1-21,33-37H,22-25H2/t33-,34-,35+,36+,37?/m0/s1. The Morgan fingerprint density at radius 3 is 2.08 bits per heavy atom. The maximum absolute atomic E-state index is 14.3. The van der Waals surface area contributed by atoms with Crippen molar-refractivity contribution in [3.8, 4) is 0 Å². The molecule has 5 aromatic carbocycles. The number of piperidine rings is 1. The van der Waals surface area contributed by atoms with Crippen molar-refractivity contribution in [1.29, 1.82) is 0 Å². The van der Waals surface area contributed by atoms with Crippen LogP contribution < -0.4 is 0 Å². The fraction of sp³-hybridized carbons (Fsp3) is 0.243. The van der Waals surface area contributed by atoms with Gasteiger partial charge in [-0.3, -0.25) is 10.1 Å². The zero-order valence-electron chi connectivity index (χ0n) is 25.9. The van der Waals surface area contributed by atoms with Gasteiger partial charge in [-0.2, -0.15) is 4.31 Å². The van der Waals surface area contributed by atoms with Crippen molar-refractivity contribution in [1.82, 2.24) is 4.31 Å². The van der Waals surface area contributed by atoms with Gasteiger partial charge in [0.2, 0.25) is 10.0 Å². The largest absolute Gasteiger partial charge is 0.369 e. The first kappa shape index (κ1) is 32.1. The second-order valence-electron chi connectivity index (χ2n) is 11.8. The lowest BCUT2D eigenvalue weighted by Crippen LogP contribution is -2.67. The van der Waals surface area contributed by atoms with E-state index in [1.807, 2.05) is 103 Å². The molecule has 5 atom stereocenters. The molecule has 11 heteroatoms. The quantitative estimate of drug-likeness (QED) is 0.124. The summed E-state index contributed by atoms with van der Waals surface area (Å²) in [6, 6.07) is 37.3. The lowest BCUT2D eigenvalue weighted by atomic mass is 9.94. The highest BCUT2D eigenvalue weighted by atomic mass is 32.2. The highest BCUT2D eigenvalue weighted by Crippen LogP contribution is 2.40. The van der Waals surface area contributed by atoms with E-state index < -0.39 is 45.6 Å². The summed E-state index contributed by atoms with van der Waals surface area (Å²) in [6.07, 6.45) is -2.97. The number of nitrogens with zero attached hydrogens (tertiary/aromatic N) is 2. The number of sulfonamides is 1. The summed E-state index contributed by atoms with van der Waals surface area (Å²) in [4.78, 5) is 10.7. The third kappa shape index (κ3) is 6.61. The van der Waals surface area contributed by atoms with Gasteiger partial charge in [-0.25, -0.2) is 8.42 Å². The highest BCUT2D eigenvalue weighted by Gasteiger charge is 2.53. The molecule has 5 aromatic rings. The van der Waals surface area contributed by atoms with Crippen LogP contribution in [-0.2, 0) is 42.2 Å². The Bertz CT molecular complexity index is 1970. The minimum Gasteiger partial charge on any atom is -0.369 e. The zero-order valence-corrected chi connectivity index (χ0v) is 26.7. The first-order valence-corrected chi connectivity index (χ1v) is 17.1. The topological polar surface area (TPSA) is 117 Å². The number of benzene rings is 5. The molecule has 2 aliphatic rings. The second kappa shape index (κ2) is 13.9. The Morgan fingerprint density at radius 2 is 1.40 bits per heavy atom. The van der Waals surface area contributed by atoms with Gasteiger partial charge >= 0.3 is 0 Å². The van der Waals surface area contributed by atoms with Crippen LogP contribution >= 0.6 is 0 Å². The minimum atomic E-state index is -4.18. The van der Waals surface area contributed by atoms with E-state index in [-0.39, 0.29) is 36.9 Å². The van der Waals surface area contributed by atoms with E-state index in [2.05, 4.69) is 0 Å². The van der Waals surface area contributed by atoms with Gasteiger partial charge in [-0.1, -0.05) is 103 Å². The number of hydrogen-bond donors (Lipinski definition) is 0. The van der Waals surface area contributed by atoms with E-state index in [1.165, 1.54) is 28.6 Å². The molecule has 0 radical (unpaired) electrons. The third-order valence-corrected chi connectivity index (χ3v) is 10.7. The summed E-state index contributed by atoms with van der Waals surface area (Å²) in [6.45, 7) is 0.473. The average Bonchev–Trinajstić information content (AvgIpc) is 3.13. The maximum Gasteiger partial charge on any atom is 0.269 e. The Morgan fingerprint density at radius 1 is 0.771 bits per heavy atom. The van der Waals surface area contributed by atoms with Crippen LogP contribution in [0.2, 0.25) is 0 Å². The van der Waals surface area contributed by atoms with Crippen LogP contribution in [0.4, 0.5) is 5.69 Å². The molecule has 0 saturated carbocycles. The molecule has 0 spiro atoms. The normalized spacial score (nSPS) is 23.0. The first-order valence-electron chi connectivity index (χ1n) is 15.7. The molecular formula is C37H34N2O8S. The number of rotatable bonds is 10. The van der Waals surface area contributed by atoms with E-state index >= 15 is 0 Å². The predicted molar refractivity (Wildman–Crippen MR) is 178 cm³/mol. The first-order chi connectivity index (χ1) is 23.4. The number of ether oxygens (including phenoxy) is 4. The van der Waals surface area contributed by atoms with Crippen LogP contribution in [0.1, 0.15) is 23.0 Å². The fourth-order valence-electron chi connectivity index (χ4n) is 6.39. The van der Waals surface area contributed by atoms with Crippen molar-refractivity contribution in [3.05, 3.63) is 154 Å². The molecule has 0 N–H and O–H groups in total. The van der Waals surface area contributed by atoms with E-state index in [0.717, 1.165) is 27.5 Å². The molecule has 2 aliphatic heterocycles. The average molecular weight is 667 g/mol. The van der Waals surface area contributed by atoms with Gasteiger partial charge in [0.1, 0.15) is 18.3 Å². The van der Waals surface area contributed by atoms with Crippen molar-refractivity contribution in [2.75, 3.05) is 13.2 Å². The Hall–Kier alpha value is -4.49. The number of hydrogen-bond acceptors (Lipinski definition) is 8. The summed E-state index contributed by atoms with van der Waals surface area (Å²) in [5.74, 6) is 0. The summed E-state index contributed by atoms with van der Waals surface area (Å²) in [5.41, 5.74) is 2.50. The van der Waals surface area contributed by atoms with Crippen LogP contribution in [0.3, 0.4) is 0 Å². The summed E-state index contributed by atoms with van der Waals surface area (Å²) >= 11 is 0. The molecule has 2 saturated heterocycles. The molecule has 0 aromatic heterocycles. The van der Waals surface area contributed by atoms with Crippen molar-refractivity contribution in [3.63, 3.8) is 0 Å². The lowest BCUT2D eigenvalue weighted by molar-refractivity contribution is -0.384. The van der Waals surface area contributed by atoms with Gasteiger partial charge < -0.3 is 18.9 Å². The molecule has 0 amide bonds. The monoisotopic (exact) mass is 666 g/mol. The smallest absolute Gasteiger partial charge is 0.269 e. The number of nitro groups is 1. The maximum atomic E-state index is 14.3. The molecule has 0 aliphatic carbocycles. The van der Waals surface area contributed by atoms with Crippen LogP contribution in [0.15, 0.2) is 132 Å². The van der Waals surface area contributed by atoms with Gasteiger partial charge in [0.15, 0.2) is 6.29 Å². The zero-order chi connectivity index (χ0) is 33.1. The van der Waals surface area contributed by atoms with Crippen LogP contribution in [-0.4, -0.2) is 55.2 Å². The molecule has 48 heavy (non-hydrogen) atoms. The van der Waals surface area contributed by atoms with Gasteiger partial charge in [-0.05, 0) is 34.0 Å². The molecule has 10 nitrogen and oxygen atoms in total. The molecule has 2 heterocycles. The molecule has 2 fully saturated rings. The van der Waals surface area contributed by atoms with Crippen molar-refractivity contribution in [2.45, 2.75) is 48.8 Å². The second-order valence-corrected chi connectivity index (χ2v) is 13.7. The van der Waals surface area contributed by atoms with Crippen LogP contribution in [0.5, 0.6) is 0 Å². The highest BCUT2D eigenvalue weighted by molar-refractivity contribution is 7.89. The molecule has 246 valence electrons. The third-order valence-electron chi connectivity index (χ3n) is 8.82. The Labute approximate surface area is 278 Å².